The van der Waals surface area contributed by atoms with Gasteiger partial charge >= 0.3 is 5.97 Å². The first-order valence-electron chi connectivity index (χ1n) is 8.73. The van der Waals surface area contributed by atoms with Crippen LogP contribution in [0.5, 0.6) is 0 Å². The van der Waals surface area contributed by atoms with Gasteiger partial charge in [-0.15, -0.1) is 0 Å². The van der Waals surface area contributed by atoms with Crippen LogP contribution >= 0.6 is 0 Å². The van der Waals surface area contributed by atoms with E-state index in [1.165, 1.54) is 6.92 Å². The van der Waals surface area contributed by atoms with E-state index in [2.05, 4.69) is 10.6 Å². The zero-order valence-corrected chi connectivity index (χ0v) is 15.4. The number of hydrogen-bond donors (Lipinski definition) is 3. The average molecular weight is 379 g/mol. The summed E-state index contributed by atoms with van der Waals surface area (Å²) in [5.74, 6) is -2.21. The molecule has 0 aliphatic heterocycles. The minimum absolute atomic E-state index is 0.0388. The molecule has 0 saturated heterocycles. The molecule has 0 bridgehead atoms. The summed E-state index contributed by atoms with van der Waals surface area (Å²) in [6.07, 6.45) is 0.191. The number of aliphatic carboxylic acids is 1. The molecule has 0 unspecified atom stereocenters. The maximum Gasteiger partial charge on any atom is 0.326 e. The van der Waals surface area contributed by atoms with E-state index in [-0.39, 0.29) is 12.8 Å². The zero-order chi connectivity index (χ0) is 20.5. The molecule has 0 fully saturated rings. The van der Waals surface area contributed by atoms with Crippen molar-refractivity contribution in [1.29, 1.82) is 5.26 Å². The number of hydrogen-bond acceptors (Lipinski definition) is 4. The van der Waals surface area contributed by atoms with Gasteiger partial charge in [-0.25, -0.2) is 4.79 Å². The topological polar surface area (TPSA) is 119 Å². The lowest BCUT2D eigenvalue weighted by atomic mass is 10.00. The SMILES string of the molecule is CC(=O)N[C@@H](Cc1ccccc1)C(=O)N[C@H](Cc1ccccc1C#N)C(=O)O. The van der Waals surface area contributed by atoms with Gasteiger partial charge in [0.25, 0.3) is 0 Å². The molecular formula is C21H21N3O4. The molecule has 144 valence electrons. The third-order valence-electron chi connectivity index (χ3n) is 4.15. The van der Waals surface area contributed by atoms with Crippen LogP contribution in [-0.4, -0.2) is 35.0 Å². The first-order chi connectivity index (χ1) is 13.4. The Hall–Kier alpha value is -3.66. The van der Waals surface area contributed by atoms with Crippen LogP contribution in [0.1, 0.15) is 23.6 Å². The van der Waals surface area contributed by atoms with Gasteiger partial charge in [0.05, 0.1) is 11.6 Å². The Labute approximate surface area is 163 Å². The molecule has 0 radical (unpaired) electrons. The Morgan fingerprint density at radius 3 is 2.21 bits per heavy atom. The Bertz CT molecular complexity index is 890. The molecule has 2 amide bonds. The van der Waals surface area contributed by atoms with Crippen LogP contribution in [-0.2, 0) is 27.2 Å². The van der Waals surface area contributed by atoms with Gasteiger partial charge in [-0.1, -0.05) is 48.5 Å². The molecule has 0 aromatic heterocycles. The standard InChI is InChI=1S/C21H21N3O4/c1-14(25)23-18(11-15-7-3-2-4-8-15)20(26)24-19(21(27)28)12-16-9-5-6-10-17(16)13-22/h2-10,18-19H,11-12H2,1H3,(H,23,25)(H,24,26)(H,27,28)/t18-,19+/m0/s1. The quantitative estimate of drug-likeness (QED) is 0.641. The summed E-state index contributed by atoms with van der Waals surface area (Å²) in [5, 5.41) is 23.7. The Balaban J connectivity index is 2.16. The molecule has 7 heteroatoms. The molecule has 2 atom stereocenters. The summed E-state index contributed by atoms with van der Waals surface area (Å²) >= 11 is 0. The monoisotopic (exact) mass is 379 g/mol. The predicted molar refractivity (Wildman–Crippen MR) is 102 cm³/mol. The molecule has 28 heavy (non-hydrogen) atoms. The third-order valence-corrected chi connectivity index (χ3v) is 4.15. The summed E-state index contributed by atoms with van der Waals surface area (Å²) in [6.45, 7) is 1.29. The Morgan fingerprint density at radius 1 is 0.964 bits per heavy atom. The molecule has 0 aliphatic carbocycles. The van der Waals surface area contributed by atoms with Gasteiger partial charge in [-0.3, -0.25) is 9.59 Å². The van der Waals surface area contributed by atoms with Crippen LogP contribution in [0, 0.1) is 11.3 Å². The van der Waals surface area contributed by atoms with Crippen LogP contribution < -0.4 is 10.6 Å². The molecule has 0 heterocycles. The number of nitriles is 1. The van der Waals surface area contributed by atoms with Gasteiger partial charge < -0.3 is 15.7 Å². The summed E-state index contributed by atoms with van der Waals surface area (Å²) in [6, 6.07) is 15.6. The van der Waals surface area contributed by atoms with E-state index in [1.54, 1.807) is 24.3 Å². The van der Waals surface area contributed by atoms with Crippen molar-refractivity contribution in [1.82, 2.24) is 10.6 Å². The number of carbonyl (C=O) groups excluding carboxylic acids is 2. The number of carboxylic acid groups (broad SMARTS) is 1. The van der Waals surface area contributed by atoms with Crippen LogP contribution in [0.4, 0.5) is 0 Å². The number of rotatable bonds is 8. The summed E-state index contributed by atoms with van der Waals surface area (Å²) < 4.78 is 0. The molecule has 0 spiro atoms. The molecule has 0 saturated carbocycles. The van der Waals surface area contributed by atoms with Crippen molar-refractivity contribution in [3.63, 3.8) is 0 Å². The number of carboxylic acids is 1. The van der Waals surface area contributed by atoms with Crippen molar-refractivity contribution in [2.24, 2.45) is 0 Å². The van der Waals surface area contributed by atoms with Crippen molar-refractivity contribution in [3.8, 4) is 6.07 Å². The lowest BCUT2D eigenvalue weighted by molar-refractivity contribution is -0.142. The lowest BCUT2D eigenvalue weighted by Gasteiger charge is -2.21. The highest BCUT2D eigenvalue weighted by atomic mass is 16.4. The maximum atomic E-state index is 12.7. The highest BCUT2D eigenvalue weighted by molar-refractivity contribution is 5.90. The van der Waals surface area contributed by atoms with Crippen molar-refractivity contribution >= 4 is 17.8 Å². The van der Waals surface area contributed by atoms with Gasteiger partial charge in [0.2, 0.25) is 11.8 Å². The van der Waals surface area contributed by atoms with Crippen LogP contribution in [0.3, 0.4) is 0 Å². The van der Waals surface area contributed by atoms with E-state index < -0.39 is 29.9 Å². The summed E-state index contributed by atoms with van der Waals surface area (Å²) in [4.78, 5) is 35.8. The number of nitrogens with one attached hydrogen (secondary N) is 2. The summed E-state index contributed by atoms with van der Waals surface area (Å²) in [7, 11) is 0. The molecular weight excluding hydrogens is 358 g/mol. The number of benzene rings is 2. The Kier molecular flexibility index (Phi) is 7.28. The number of amides is 2. The highest BCUT2D eigenvalue weighted by Gasteiger charge is 2.27. The Morgan fingerprint density at radius 2 is 1.61 bits per heavy atom. The number of nitrogens with zero attached hydrogens (tertiary/aromatic N) is 1. The van der Waals surface area contributed by atoms with E-state index >= 15 is 0 Å². The average Bonchev–Trinajstić information content (AvgIpc) is 2.67. The lowest BCUT2D eigenvalue weighted by Crippen LogP contribution is -2.52. The van der Waals surface area contributed by atoms with Crippen molar-refractivity contribution in [3.05, 3.63) is 71.3 Å². The fraction of sp³-hybridized carbons (Fsp3) is 0.238. The van der Waals surface area contributed by atoms with Crippen molar-refractivity contribution in [2.75, 3.05) is 0 Å². The van der Waals surface area contributed by atoms with E-state index in [1.807, 2.05) is 36.4 Å². The van der Waals surface area contributed by atoms with Gasteiger partial charge in [-0.05, 0) is 17.2 Å². The van der Waals surface area contributed by atoms with Gasteiger partial charge in [-0.2, -0.15) is 5.26 Å². The zero-order valence-electron chi connectivity index (χ0n) is 15.4. The van der Waals surface area contributed by atoms with Crippen molar-refractivity contribution < 1.29 is 19.5 Å². The highest BCUT2D eigenvalue weighted by Crippen LogP contribution is 2.11. The van der Waals surface area contributed by atoms with E-state index in [4.69, 9.17) is 0 Å². The summed E-state index contributed by atoms with van der Waals surface area (Å²) in [5.41, 5.74) is 1.71. The van der Waals surface area contributed by atoms with Gasteiger partial charge in [0.1, 0.15) is 12.1 Å². The molecule has 3 N–H and O–H groups in total. The minimum atomic E-state index is -1.23. The second kappa shape index (κ2) is 9.88. The van der Waals surface area contributed by atoms with Gasteiger partial charge in [0, 0.05) is 19.8 Å². The molecule has 2 aromatic rings. The van der Waals surface area contributed by atoms with Crippen LogP contribution in [0.25, 0.3) is 0 Å². The smallest absolute Gasteiger partial charge is 0.326 e. The largest absolute Gasteiger partial charge is 0.480 e. The van der Waals surface area contributed by atoms with E-state index in [9.17, 15) is 24.8 Å². The second-order valence-electron chi connectivity index (χ2n) is 6.32. The normalized spacial score (nSPS) is 12.3. The fourth-order valence-corrected chi connectivity index (χ4v) is 2.80. The predicted octanol–water partition coefficient (Wildman–Crippen LogP) is 1.42. The van der Waals surface area contributed by atoms with Crippen LogP contribution in [0.2, 0.25) is 0 Å². The molecule has 2 aromatic carbocycles. The number of carbonyl (C=O) groups is 3. The van der Waals surface area contributed by atoms with E-state index in [0.29, 0.717) is 11.1 Å². The van der Waals surface area contributed by atoms with Gasteiger partial charge in [0.15, 0.2) is 0 Å². The minimum Gasteiger partial charge on any atom is -0.480 e. The molecule has 0 aliphatic rings. The maximum absolute atomic E-state index is 12.7. The first-order valence-corrected chi connectivity index (χ1v) is 8.73. The second-order valence-corrected chi connectivity index (χ2v) is 6.32. The van der Waals surface area contributed by atoms with Crippen molar-refractivity contribution in [2.45, 2.75) is 31.8 Å². The third kappa shape index (κ3) is 5.95. The van der Waals surface area contributed by atoms with Crippen LogP contribution in [0.15, 0.2) is 54.6 Å². The van der Waals surface area contributed by atoms with E-state index in [0.717, 1.165) is 5.56 Å². The molecule has 2 rings (SSSR count). The molecule has 7 nitrogen and oxygen atoms in total. The first kappa shape index (κ1) is 20.6. The fourth-order valence-electron chi connectivity index (χ4n) is 2.80.